The number of amides is 1. The third kappa shape index (κ3) is 2.60. The normalized spacial score (nSPS) is 27.8. The van der Waals surface area contributed by atoms with E-state index in [4.69, 9.17) is 0 Å². The van der Waals surface area contributed by atoms with Crippen molar-refractivity contribution >= 4 is 17.7 Å². The second-order valence-corrected chi connectivity index (χ2v) is 8.15. The smallest absolute Gasteiger partial charge is 0.231 e. The van der Waals surface area contributed by atoms with E-state index in [0.717, 1.165) is 18.4 Å². The van der Waals surface area contributed by atoms with E-state index < -0.39 is 0 Å². The van der Waals surface area contributed by atoms with Crippen molar-refractivity contribution in [2.75, 3.05) is 0 Å². The van der Waals surface area contributed by atoms with Gasteiger partial charge in [0.1, 0.15) is 6.17 Å². The van der Waals surface area contributed by atoms with Crippen LogP contribution in [-0.2, 0) is 4.79 Å². The van der Waals surface area contributed by atoms with E-state index in [-0.39, 0.29) is 23.4 Å². The maximum absolute atomic E-state index is 12.7. The van der Waals surface area contributed by atoms with Crippen molar-refractivity contribution in [3.63, 3.8) is 0 Å². The topological polar surface area (TPSA) is 41.1 Å². The Kier molecular flexibility index (Phi) is 3.68. The molecule has 1 aliphatic carbocycles. The van der Waals surface area contributed by atoms with Gasteiger partial charge in [0.2, 0.25) is 5.91 Å². The van der Waals surface area contributed by atoms with Crippen LogP contribution >= 0.6 is 11.8 Å². The first kappa shape index (κ1) is 15.2. The molecule has 0 bridgehead atoms. The van der Waals surface area contributed by atoms with Crippen molar-refractivity contribution in [1.29, 1.82) is 0 Å². The van der Waals surface area contributed by atoms with Gasteiger partial charge in [-0.15, -0.1) is 11.8 Å². The summed E-state index contributed by atoms with van der Waals surface area (Å²) in [5, 5.41) is 7.01. The molecule has 0 aromatic heterocycles. The molecule has 1 fully saturated rings. The average molecular weight is 348 g/mol. The third-order valence-corrected chi connectivity index (χ3v) is 6.82. The third-order valence-electron chi connectivity index (χ3n) is 5.41. The number of hydrogen-bond acceptors (Lipinski definition) is 3. The van der Waals surface area contributed by atoms with Crippen LogP contribution in [0.5, 0.6) is 0 Å². The molecule has 0 radical (unpaired) electrons. The van der Waals surface area contributed by atoms with Gasteiger partial charge in [0.05, 0.1) is 11.3 Å². The molecule has 2 aliphatic heterocycles. The molecule has 4 heteroatoms. The number of carbonyl (C=O) groups excluding carboxylic acids is 1. The Labute approximate surface area is 151 Å². The molecule has 126 valence electrons. The summed E-state index contributed by atoms with van der Waals surface area (Å²) in [6.07, 6.45) is 3.34. The zero-order valence-corrected chi connectivity index (χ0v) is 14.7. The van der Waals surface area contributed by atoms with Gasteiger partial charge in [0.15, 0.2) is 0 Å². The molecular formula is C21H20N2OS. The SMILES string of the molecule is O=C1NC(c2ccc(-c3ccccc3)cc2)NC2SC3=C(CCC3)C12. The number of benzene rings is 2. The maximum Gasteiger partial charge on any atom is 0.231 e. The predicted octanol–water partition coefficient (Wildman–Crippen LogP) is 4.20. The highest BCUT2D eigenvalue weighted by Crippen LogP contribution is 2.50. The molecule has 2 aromatic carbocycles. The summed E-state index contributed by atoms with van der Waals surface area (Å²) in [7, 11) is 0. The minimum atomic E-state index is -0.105. The van der Waals surface area contributed by atoms with E-state index in [1.165, 1.54) is 28.0 Å². The number of allylic oxidation sites excluding steroid dienone is 1. The number of hydrogen-bond donors (Lipinski definition) is 2. The molecule has 0 saturated carbocycles. The fourth-order valence-corrected chi connectivity index (χ4v) is 5.73. The first-order valence-electron chi connectivity index (χ1n) is 8.90. The molecular weight excluding hydrogens is 328 g/mol. The number of thioether (sulfide) groups is 1. The molecule has 3 nitrogen and oxygen atoms in total. The molecule has 3 atom stereocenters. The van der Waals surface area contributed by atoms with Crippen molar-refractivity contribution in [2.24, 2.45) is 5.92 Å². The van der Waals surface area contributed by atoms with Gasteiger partial charge >= 0.3 is 0 Å². The molecule has 2 aromatic rings. The van der Waals surface area contributed by atoms with Crippen LogP contribution in [0, 0.1) is 5.92 Å². The predicted molar refractivity (Wildman–Crippen MR) is 102 cm³/mol. The summed E-state index contributed by atoms with van der Waals surface area (Å²) in [5.74, 6) is 0.211. The number of rotatable bonds is 2. The van der Waals surface area contributed by atoms with Gasteiger partial charge in [-0.05, 0) is 46.4 Å². The van der Waals surface area contributed by atoms with Crippen LogP contribution < -0.4 is 10.6 Å². The van der Waals surface area contributed by atoms with Crippen LogP contribution in [0.4, 0.5) is 0 Å². The number of fused-ring (bicyclic) bond motifs is 2. The maximum atomic E-state index is 12.7. The van der Waals surface area contributed by atoms with Crippen LogP contribution in [0.1, 0.15) is 31.0 Å². The summed E-state index contributed by atoms with van der Waals surface area (Å²) in [6, 6.07) is 18.8. The Bertz CT molecular complexity index is 844. The highest BCUT2D eigenvalue weighted by atomic mass is 32.2. The first-order chi connectivity index (χ1) is 12.3. The van der Waals surface area contributed by atoms with Crippen LogP contribution in [-0.4, -0.2) is 11.3 Å². The lowest BCUT2D eigenvalue weighted by Gasteiger charge is -2.35. The van der Waals surface area contributed by atoms with Gasteiger partial charge < -0.3 is 5.32 Å². The summed E-state index contributed by atoms with van der Waals surface area (Å²) >= 11 is 1.88. The fourth-order valence-electron chi connectivity index (χ4n) is 4.15. The number of nitrogens with one attached hydrogen (secondary N) is 2. The summed E-state index contributed by atoms with van der Waals surface area (Å²) < 4.78 is 0. The molecule has 0 spiro atoms. The van der Waals surface area contributed by atoms with Crippen molar-refractivity contribution in [3.8, 4) is 11.1 Å². The van der Waals surface area contributed by atoms with Crippen LogP contribution in [0.2, 0.25) is 0 Å². The zero-order valence-electron chi connectivity index (χ0n) is 13.9. The molecule has 1 saturated heterocycles. The quantitative estimate of drug-likeness (QED) is 0.855. The van der Waals surface area contributed by atoms with Crippen molar-refractivity contribution < 1.29 is 4.79 Å². The summed E-state index contributed by atoms with van der Waals surface area (Å²) in [5.41, 5.74) is 4.90. The van der Waals surface area contributed by atoms with Crippen molar-refractivity contribution in [3.05, 3.63) is 70.6 Å². The largest absolute Gasteiger partial charge is 0.336 e. The van der Waals surface area contributed by atoms with Gasteiger partial charge in [-0.1, -0.05) is 54.6 Å². The van der Waals surface area contributed by atoms with E-state index in [9.17, 15) is 4.79 Å². The standard InChI is InChI=1S/C21H20N2OS/c24-20-18-16-7-4-8-17(16)25-21(18)23-19(22-20)15-11-9-14(10-12-15)13-5-2-1-3-6-13/h1-3,5-6,9-12,18-19,21,23H,4,7-8H2,(H,22,24). The second kappa shape index (κ2) is 6.04. The van der Waals surface area contributed by atoms with Gasteiger partial charge in [0.25, 0.3) is 0 Å². The van der Waals surface area contributed by atoms with E-state index in [1.807, 2.05) is 17.8 Å². The van der Waals surface area contributed by atoms with E-state index in [0.29, 0.717) is 0 Å². The van der Waals surface area contributed by atoms with Crippen LogP contribution in [0.25, 0.3) is 11.1 Å². The molecule has 3 unspecified atom stereocenters. The lowest BCUT2D eigenvalue weighted by atomic mass is 9.94. The molecule has 2 N–H and O–H groups in total. The second-order valence-electron chi connectivity index (χ2n) is 6.91. The molecule has 25 heavy (non-hydrogen) atoms. The van der Waals surface area contributed by atoms with Gasteiger partial charge in [-0.2, -0.15) is 0 Å². The zero-order chi connectivity index (χ0) is 16.8. The van der Waals surface area contributed by atoms with Gasteiger partial charge in [-0.25, -0.2) is 0 Å². The summed E-state index contributed by atoms with van der Waals surface area (Å²) in [4.78, 5) is 14.1. The molecule has 5 rings (SSSR count). The lowest BCUT2D eigenvalue weighted by Crippen LogP contribution is -2.54. The molecule has 3 aliphatic rings. The van der Waals surface area contributed by atoms with E-state index >= 15 is 0 Å². The average Bonchev–Trinajstić information content (AvgIpc) is 3.23. The van der Waals surface area contributed by atoms with Gasteiger partial charge in [-0.3, -0.25) is 10.1 Å². The van der Waals surface area contributed by atoms with Crippen LogP contribution in [0.3, 0.4) is 0 Å². The molecule has 1 amide bonds. The number of carbonyl (C=O) groups is 1. The minimum absolute atomic E-state index is 0.0299. The highest BCUT2D eigenvalue weighted by molar-refractivity contribution is 8.04. The fraction of sp³-hybridized carbons (Fsp3) is 0.286. The Morgan fingerprint density at radius 2 is 1.68 bits per heavy atom. The minimum Gasteiger partial charge on any atom is -0.336 e. The monoisotopic (exact) mass is 348 g/mol. The molecule has 2 heterocycles. The first-order valence-corrected chi connectivity index (χ1v) is 9.78. The van der Waals surface area contributed by atoms with Gasteiger partial charge in [0, 0.05) is 0 Å². The highest BCUT2D eigenvalue weighted by Gasteiger charge is 2.45. The summed E-state index contributed by atoms with van der Waals surface area (Å²) in [6.45, 7) is 0. The van der Waals surface area contributed by atoms with Crippen molar-refractivity contribution in [2.45, 2.75) is 30.8 Å². The Morgan fingerprint density at radius 3 is 2.48 bits per heavy atom. The van der Waals surface area contributed by atoms with E-state index in [2.05, 4.69) is 59.2 Å². The van der Waals surface area contributed by atoms with E-state index in [1.54, 1.807) is 0 Å². The van der Waals surface area contributed by atoms with Crippen LogP contribution in [0.15, 0.2) is 65.1 Å². The lowest BCUT2D eigenvalue weighted by molar-refractivity contribution is -0.127. The Balaban J connectivity index is 1.36. The van der Waals surface area contributed by atoms with Crippen molar-refractivity contribution in [1.82, 2.24) is 10.6 Å². The Morgan fingerprint density at radius 1 is 0.920 bits per heavy atom. The Hall–Kier alpha value is -2.04.